The van der Waals surface area contributed by atoms with Crippen LogP contribution in [0.5, 0.6) is 0 Å². The van der Waals surface area contributed by atoms with Gasteiger partial charge in [0.15, 0.2) is 0 Å². The van der Waals surface area contributed by atoms with E-state index in [9.17, 15) is 9.50 Å². The van der Waals surface area contributed by atoms with Crippen LogP contribution in [0.1, 0.15) is 32.3 Å². The van der Waals surface area contributed by atoms with Crippen molar-refractivity contribution in [1.82, 2.24) is 4.90 Å². The number of aliphatic hydroxyl groups excluding tert-OH is 1. The van der Waals surface area contributed by atoms with E-state index in [2.05, 4.69) is 18.7 Å². The minimum absolute atomic E-state index is 0.0652. The summed E-state index contributed by atoms with van der Waals surface area (Å²) in [5.74, 6) is -0.256. The summed E-state index contributed by atoms with van der Waals surface area (Å²) in [6, 6.07) is 4.47. The second-order valence-electron chi connectivity index (χ2n) is 6.26. The minimum atomic E-state index is -0.256. The van der Waals surface area contributed by atoms with Gasteiger partial charge in [0.05, 0.1) is 6.10 Å². The molecule has 1 atom stereocenters. The highest BCUT2D eigenvalue weighted by molar-refractivity contribution is 6.31. The number of likely N-dealkylation sites (tertiary alicyclic amines) is 1. The Bertz CT molecular complexity index is 450. The summed E-state index contributed by atoms with van der Waals surface area (Å²) in [5, 5.41) is 10.5. The van der Waals surface area contributed by atoms with Crippen LogP contribution in [0.3, 0.4) is 0 Å². The molecule has 0 amide bonds. The maximum Gasteiger partial charge on any atom is 0.123 e. The Kier molecular flexibility index (Phi) is 4.49. The van der Waals surface area contributed by atoms with E-state index >= 15 is 0 Å². The second-order valence-corrected chi connectivity index (χ2v) is 6.66. The average molecular weight is 286 g/mol. The first kappa shape index (κ1) is 14.8. The number of halogens is 2. The van der Waals surface area contributed by atoms with Gasteiger partial charge in [-0.3, -0.25) is 4.90 Å². The lowest BCUT2D eigenvalue weighted by atomic mass is 9.87. The molecule has 1 unspecified atom stereocenters. The van der Waals surface area contributed by atoms with Gasteiger partial charge in [-0.05, 0) is 42.0 Å². The molecule has 1 aliphatic heterocycles. The Labute approximate surface area is 119 Å². The van der Waals surface area contributed by atoms with Crippen LogP contribution in [0.4, 0.5) is 4.39 Å². The molecule has 2 rings (SSSR count). The van der Waals surface area contributed by atoms with Crippen molar-refractivity contribution in [3.8, 4) is 0 Å². The van der Waals surface area contributed by atoms with Crippen molar-refractivity contribution in [1.29, 1.82) is 0 Å². The molecule has 4 heteroatoms. The fourth-order valence-electron chi connectivity index (χ4n) is 2.86. The number of hydrogen-bond donors (Lipinski definition) is 1. The van der Waals surface area contributed by atoms with Gasteiger partial charge in [0.2, 0.25) is 0 Å². The fourth-order valence-corrected chi connectivity index (χ4v) is 3.04. The van der Waals surface area contributed by atoms with Gasteiger partial charge in [-0.15, -0.1) is 0 Å². The van der Waals surface area contributed by atoms with Crippen LogP contribution >= 0.6 is 11.6 Å². The molecule has 1 aliphatic rings. The highest BCUT2D eigenvalue weighted by atomic mass is 35.5. The highest BCUT2D eigenvalue weighted by Crippen LogP contribution is 2.30. The SMILES string of the molecule is CC1(C)CC(O)CCN(Cc2cc(F)ccc2Cl)C1. The first-order valence-corrected chi connectivity index (χ1v) is 7.08. The average Bonchev–Trinajstić information content (AvgIpc) is 2.41. The summed E-state index contributed by atoms with van der Waals surface area (Å²) in [5.41, 5.74) is 0.879. The monoisotopic (exact) mass is 285 g/mol. The van der Waals surface area contributed by atoms with Crippen molar-refractivity contribution in [2.24, 2.45) is 5.41 Å². The Balaban J connectivity index is 2.11. The number of rotatable bonds is 2. The summed E-state index contributed by atoms with van der Waals surface area (Å²) >= 11 is 6.11. The molecule has 0 aliphatic carbocycles. The van der Waals surface area contributed by atoms with Crippen LogP contribution in [-0.4, -0.2) is 29.2 Å². The van der Waals surface area contributed by atoms with Gasteiger partial charge in [-0.25, -0.2) is 4.39 Å². The molecule has 1 saturated heterocycles. The molecule has 2 nitrogen and oxygen atoms in total. The molecular weight excluding hydrogens is 265 g/mol. The van der Waals surface area contributed by atoms with Crippen molar-refractivity contribution < 1.29 is 9.50 Å². The Hall–Kier alpha value is -0.640. The van der Waals surface area contributed by atoms with Crippen molar-refractivity contribution in [2.75, 3.05) is 13.1 Å². The van der Waals surface area contributed by atoms with Crippen LogP contribution in [0, 0.1) is 11.2 Å². The molecule has 1 heterocycles. The zero-order valence-corrected chi connectivity index (χ0v) is 12.3. The molecular formula is C15H21ClFNO. The molecule has 0 radical (unpaired) electrons. The largest absolute Gasteiger partial charge is 0.393 e. The van der Waals surface area contributed by atoms with Crippen molar-refractivity contribution in [3.05, 3.63) is 34.6 Å². The smallest absolute Gasteiger partial charge is 0.123 e. The number of hydrogen-bond acceptors (Lipinski definition) is 2. The molecule has 19 heavy (non-hydrogen) atoms. The molecule has 0 bridgehead atoms. The topological polar surface area (TPSA) is 23.5 Å². The maximum absolute atomic E-state index is 13.3. The van der Waals surface area contributed by atoms with E-state index in [4.69, 9.17) is 11.6 Å². The summed E-state index contributed by atoms with van der Waals surface area (Å²) in [6.07, 6.45) is 1.32. The van der Waals surface area contributed by atoms with E-state index < -0.39 is 0 Å². The number of nitrogens with zero attached hydrogens (tertiary/aromatic N) is 1. The molecule has 1 N–H and O–H groups in total. The maximum atomic E-state index is 13.3. The lowest BCUT2D eigenvalue weighted by Crippen LogP contribution is -2.32. The molecule has 1 fully saturated rings. The van der Waals surface area contributed by atoms with Crippen LogP contribution in [0.15, 0.2) is 18.2 Å². The highest BCUT2D eigenvalue weighted by Gasteiger charge is 2.29. The molecule has 106 valence electrons. The number of aliphatic hydroxyl groups is 1. The molecule has 0 spiro atoms. The van der Waals surface area contributed by atoms with Gasteiger partial charge in [0.25, 0.3) is 0 Å². The third kappa shape index (κ3) is 4.16. The predicted octanol–water partition coefficient (Wildman–Crippen LogP) is 3.46. The standard InChI is InChI=1S/C15H21ClFNO/c1-15(2)8-13(19)5-6-18(10-15)9-11-7-12(17)3-4-14(11)16/h3-4,7,13,19H,5-6,8-10H2,1-2H3. The van der Waals surface area contributed by atoms with Crippen LogP contribution in [-0.2, 0) is 6.54 Å². The summed E-state index contributed by atoms with van der Waals surface area (Å²) < 4.78 is 13.3. The van der Waals surface area contributed by atoms with Crippen LogP contribution in [0.25, 0.3) is 0 Å². The minimum Gasteiger partial charge on any atom is -0.393 e. The second kappa shape index (κ2) is 5.78. The van der Waals surface area contributed by atoms with Gasteiger partial charge in [-0.1, -0.05) is 25.4 Å². The molecule has 1 aromatic rings. The predicted molar refractivity (Wildman–Crippen MR) is 75.7 cm³/mol. The van der Waals surface area contributed by atoms with E-state index in [0.717, 1.165) is 31.5 Å². The van der Waals surface area contributed by atoms with Gasteiger partial charge in [-0.2, -0.15) is 0 Å². The molecule has 1 aromatic carbocycles. The van der Waals surface area contributed by atoms with E-state index in [1.165, 1.54) is 12.1 Å². The van der Waals surface area contributed by atoms with Gasteiger partial charge in [0, 0.05) is 24.7 Å². The zero-order valence-electron chi connectivity index (χ0n) is 11.5. The zero-order chi connectivity index (χ0) is 14.0. The summed E-state index contributed by atoms with van der Waals surface area (Å²) in [4.78, 5) is 2.25. The first-order valence-electron chi connectivity index (χ1n) is 6.70. The number of benzene rings is 1. The third-order valence-corrected chi connectivity index (χ3v) is 3.99. The van der Waals surface area contributed by atoms with E-state index in [1.54, 1.807) is 6.07 Å². The van der Waals surface area contributed by atoms with Crippen molar-refractivity contribution >= 4 is 11.6 Å². The van der Waals surface area contributed by atoms with Crippen molar-refractivity contribution in [2.45, 2.75) is 39.3 Å². The fraction of sp³-hybridized carbons (Fsp3) is 0.600. The molecule has 0 saturated carbocycles. The summed E-state index contributed by atoms with van der Waals surface area (Å²) in [7, 11) is 0. The first-order chi connectivity index (χ1) is 8.85. The van der Waals surface area contributed by atoms with E-state index in [1.807, 2.05) is 0 Å². The Morgan fingerprint density at radius 1 is 1.47 bits per heavy atom. The Morgan fingerprint density at radius 3 is 2.95 bits per heavy atom. The lowest BCUT2D eigenvalue weighted by molar-refractivity contribution is 0.121. The third-order valence-electron chi connectivity index (χ3n) is 3.62. The normalized spacial score (nSPS) is 24.2. The summed E-state index contributed by atoms with van der Waals surface area (Å²) in [6.45, 7) is 6.64. The van der Waals surface area contributed by atoms with Gasteiger partial charge in [0.1, 0.15) is 5.82 Å². The Morgan fingerprint density at radius 2 is 2.21 bits per heavy atom. The van der Waals surface area contributed by atoms with Crippen molar-refractivity contribution in [3.63, 3.8) is 0 Å². The van der Waals surface area contributed by atoms with Crippen LogP contribution in [0.2, 0.25) is 5.02 Å². The van der Waals surface area contributed by atoms with Gasteiger partial charge < -0.3 is 5.11 Å². The van der Waals surface area contributed by atoms with E-state index in [0.29, 0.717) is 11.6 Å². The molecule has 0 aromatic heterocycles. The quantitative estimate of drug-likeness (QED) is 0.899. The van der Waals surface area contributed by atoms with Gasteiger partial charge >= 0.3 is 0 Å². The van der Waals surface area contributed by atoms with E-state index in [-0.39, 0.29) is 17.3 Å². The lowest BCUT2D eigenvalue weighted by Gasteiger charge is -2.29. The van der Waals surface area contributed by atoms with Crippen LogP contribution < -0.4 is 0 Å².